The summed E-state index contributed by atoms with van der Waals surface area (Å²) in [5, 5.41) is 0. The van der Waals surface area contributed by atoms with Gasteiger partial charge in [0.15, 0.2) is 0 Å². The second-order valence-electron chi connectivity index (χ2n) is 2.92. The quantitative estimate of drug-likeness (QED) is 0.699. The Hall–Kier alpha value is -0.480. The Morgan fingerprint density at radius 2 is 2.46 bits per heavy atom. The summed E-state index contributed by atoms with van der Waals surface area (Å²) in [6.45, 7) is 1.75. The number of nitrogens with two attached hydrogens (primary N) is 1. The number of rotatable bonds is 6. The summed E-state index contributed by atoms with van der Waals surface area (Å²) >= 11 is 1.88. The highest BCUT2D eigenvalue weighted by molar-refractivity contribution is 7.98. The minimum absolute atomic E-state index is 0.680. The van der Waals surface area contributed by atoms with Gasteiger partial charge in [-0.1, -0.05) is 0 Å². The number of nitrogens with zero attached hydrogens (tertiary/aromatic N) is 2. The van der Waals surface area contributed by atoms with Gasteiger partial charge in [0.1, 0.15) is 5.82 Å². The van der Waals surface area contributed by atoms with Gasteiger partial charge in [-0.2, -0.15) is 11.8 Å². The molecule has 0 radical (unpaired) electrons. The van der Waals surface area contributed by atoms with E-state index in [1.54, 1.807) is 0 Å². The second-order valence-corrected chi connectivity index (χ2v) is 3.91. The molecule has 1 heterocycles. The van der Waals surface area contributed by atoms with Crippen LogP contribution in [0.2, 0.25) is 0 Å². The molecule has 13 heavy (non-hydrogen) atoms. The zero-order chi connectivity index (χ0) is 9.52. The van der Waals surface area contributed by atoms with Crippen molar-refractivity contribution in [2.24, 2.45) is 5.73 Å². The highest BCUT2D eigenvalue weighted by atomic mass is 32.2. The molecule has 1 aromatic heterocycles. The van der Waals surface area contributed by atoms with Crippen LogP contribution in [0.25, 0.3) is 0 Å². The van der Waals surface area contributed by atoms with Crippen LogP contribution in [-0.4, -0.2) is 28.1 Å². The molecule has 0 saturated carbocycles. The molecule has 0 aliphatic rings. The smallest absolute Gasteiger partial charge is 0.109 e. The SMILES string of the molecule is CSCCCn1ccnc1CCN. The van der Waals surface area contributed by atoms with Gasteiger partial charge in [0.05, 0.1) is 0 Å². The van der Waals surface area contributed by atoms with E-state index in [2.05, 4.69) is 15.8 Å². The van der Waals surface area contributed by atoms with E-state index in [9.17, 15) is 0 Å². The van der Waals surface area contributed by atoms with Gasteiger partial charge in [-0.3, -0.25) is 0 Å². The molecule has 0 amide bonds. The lowest BCUT2D eigenvalue weighted by molar-refractivity contribution is 0.640. The van der Waals surface area contributed by atoms with Gasteiger partial charge in [0.25, 0.3) is 0 Å². The van der Waals surface area contributed by atoms with Crippen LogP contribution < -0.4 is 5.73 Å². The molecular formula is C9H17N3S. The highest BCUT2D eigenvalue weighted by Gasteiger charge is 2.00. The lowest BCUT2D eigenvalue weighted by atomic mass is 10.4. The van der Waals surface area contributed by atoms with Gasteiger partial charge in [-0.25, -0.2) is 4.98 Å². The van der Waals surface area contributed by atoms with E-state index in [0.717, 1.165) is 18.8 Å². The fourth-order valence-corrected chi connectivity index (χ4v) is 1.70. The molecule has 0 saturated heterocycles. The normalized spacial score (nSPS) is 10.6. The zero-order valence-corrected chi connectivity index (χ0v) is 8.89. The first-order valence-corrected chi connectivity index (χ1v) is 5.97. The summed E-state index contributed by atoms with van der Waals surface area (Å²) in [6, 6.07) is 0. The van der Waals surface area contributed by atoms with E-state index in [0.29, 0.717) is 6.54 Å². The summed E-state index contributed by atoms with van der Waals surface area (Å²) in [5.74, 6) is 2.32. The fourth-order valence-electron chi connectivity index (χ4n) is 1.28. The van der Waals surface area contributed by atoms with Crippen LogP contribution in [0.15, 0.2) is 12.4 Å². The Balaban J connectivity index is 2.40. The number of aryl methyl sites for hydroxylation is 1. The molecule has 0 atom stereocenters. The summed E-state index contributed by atoms with van der Waals surface area (Å²) < 4.78 is 2.20. The molecular weight excluding hydrogens is 182 g/mol. The van der Waals surface area contributed by atoms with Gasteiger partial charge >= 0.3 is 0 Å². The van der Waals surface area contributed by atoms with Crippen molar-refractivity contribution in [1.82, 2.24) is 9.55 Å². The van der Waals surface area contributed by atoms with E-state index >= 15 is 0 Å². The predicted octanol–water partition coefficient (Wildman–Crippen LogP) is 1.14. The van der Waals surface area contributed by atoms with E-state index in [1.807, 2.05) is 24.2 Å². The second kappa shape index (κ2) is 6.05. The maximum atomic E-state index is 5.49. The summed E-state index contributed by atoms with van der Waals surface area (Å²) in [7, 11) is 0. The first-order chi connectivity index (χ1) is 6.38. The average Bonchev–Trinajstić information content (AvgIpc) is 2.54. The average molecular weight is 199 g/mol. The molecule has 0 spiro atoms. The topological polar surface area (TPSA) is 43.8 Å². The van der Waals surface area contributed by atoms with Gasteiger partial charge in [-0.15, -0.1) is 0 Å². The van der Waals surface area contributed by atoms with Gasteiger partial charge in [0, 0.05) is 25.4 Å². The maximum Gasteiger partial charge on any atom is 0.109 e. The van der Waals surface area contributed by atoms with Crippen molar-refractivity contribution in [2.75, 3.05) is 18.6 Å². The van der Waals surface area contributed by atoms with Crippen molar-refractivity contribution >= 4 is 11.8 Å². The van der Waals surface area contributed by atoms with E-state index in [-0.39, 0.29) is 0 Å². The Bertz CT molecular complexity index is 235. The van der Waals surface area contributed by atoms with Crippen LogP contribution in [0, 0.1) is 0 Å². The molecule has 0 aliphatic carbocycles. The number of aromatic nitrogens is 2. The Morgan fingerprint density at radius 1 is 1.62 bits per heavy atom. The minimum Gasteiger partial charge on any atom is -0.335 e. The van der Waals surface area contributed by atoms with Crippen LogP contribution in [0.1, 0.15) is 12.2 Å². The number of imidazole rings is 1. The summed E-state index contributed by atoms with van der Waals surface area (Å²) in [4.78, 5) is 4.26. The van der Waals surface area contributed by atoms with Crippen molar-refractivity contribution in [3.8, 4) is 0 Å². The van der Waals surface area contributed by atoms with E-state index in [4.69, 9.17) is 5.73 Å². The maximum absolute atomic E-state index is 5.49. The molecule has 1 aromatic rings. The molecule has 1 rings (SSSR count). The van der Waals surface area contributed by atoms with Crippen molar-refractivity contribution in [3.05, 3.63) is 18.2 Å². The zero-order valence-electron chi connectivity index (χ0n) is 8.07. The first-order valence-electron chi connectivity index (χ1n) is 4.57. The molecule has 2 N–H and O–H groups in total. The molecule has 0 fully saturated rings. The number of thioether (sulfide) groups is 1. The van der Waals surface area contributed by atoms with E-state index in [1.165, 1.54) is 12.2 Å². The van der Waals surface area contributed by atoms with Crippen molar-refractivity contribution in [2.45, 2.75) is 19.4 Å². The van der Waals surface area contributed by atoms with Crippen molar-refractivity contribution in [1.29, 1.82) is 0 Å². The third-order valence-corrected chi connectivity index (χ3v) is 2.61. The molecule has 4 heteroatoms. The largest absolute Gasteiger partial charge is 0.335 e. The van der Waals surface area contributed by atoms with Crippen LogP contribution in [0.4, 0.5) is 0 Å². The predicted molar refractivity (Wildman–Crippen MR) is 58.0 cm³/mol. The van der Waals surface area contributed by atoms with Crippen molar-refractivity contribution < 1.29 is 0 Å². The lowest BCUT2D eigenvalue weighted by Crippen LogP contribution is -2.10. The standard InChI is InChI=1S/C9H17N3S/c1-13-8-2-6-12-7-5-11-9(12)3-4-10/h5,7H,2-4,6,8,10H2,1H3. The third kappa shape index (κ3) is 3.40. The Kier molecular flexibility index (Phi) is 4.93. The molecule has 0 bridgehead atoms. The van der Waals surface area contributed by atoms with Crippen LogP contribution in [-0.2, 0) is 13.0 Å². The molecule has 0 aliphatic heterocycles. The monoisotopic (exact) mass is 199 g/mol. The molecule has 74 valence electrons. The molecule has 0 unspecified atom stereocenters. The lowest BCUT2D eigenvalue weighted by Gasteiger charge is -2.05. The summed E-state index contributed by atoms with van der Waals surface area (Å²) in [5.41, 5.74) is 5.49. The molecule has 0 aromatic carbocycles. The Morgan fingerprint density at radius 3 is 3.15 bits per heavy atom. The van der Waals surface area contributed by atoms with Crippen LogP contribution >= 0.6 is 11.8 Å². The van der Waals surface area contributed by atoms with Crippen molar-refractivity contribution in [3.63, 3.8) is 0 Å². The van der Waals surface area contributed by atoms with E-state index < -0.39 is 0 Å². The van der Waals surface area contributed by atoms with Gasteiger partial charge < -0.3 is 10.3 Å². The fraction of sp³-hybridized carbons (Fsp3) is 0.667. The third-order valence-electron chi connectivity index (χ3n) is 1.92. The summed E-state index contributed by atoms with van der Waals surface area (Å²) in [6.07, 6.45) is 8.10. The molecule has 3 nitrogen and oxygen atoms in total. The highest BCUT2D eigenvalue weighted by Crippen LogP contribution is 2.02. The number of hydrogen-bond acceptors (Lipinski definition) is 3. The Labute approximate surface area is 83.7 Å². The van der Waals surface area contributed by atoms with Gasteiger partial charge in [0.2, 0.25) is 0 Å². The number of hydrogen-bond donors (Lipinski definition) is 1. The first kappa shape index (κ1) is 10.6. The van der Waals surface area contributed by atoms with Crippen LogP contribution in [0.5, 0.6) is 0 Å². The van der Waals surface area contributed by atoms with Gasteiger partial charge in [-0.05, 0) is 25.0 Å². The van der Waals surface area contributed by atoms with Crippen LogP contribution in [0.3, 0.4) is 0 Å². The minimum atomic E-state index is 0.680.